The molecule has 0 fully saturated rings. The Hall–Kier alpha value is -0.690. The van der Waals surface area contributed by atoms with Crippen molar-refractivity contribution in [2.45, 2.75) is 245 Å². The van der Waals surface area contributed by atoms with Gasteiger partial charge in [0.15, 0.2) is 0 Å². The second kappa shape index (κ2) is 44.7. The van der Waals surface area contributed by atoms with E-state index in [2.05, 4.69) is 29.4 Å². The molecule has 6 heteroatoms. The van der Waals surface area contributed by atoms with Crippen molar-refractivity contribution in [3.63, 3.8) is 0 Å². The fourth-order valence-corrected chi connectivity index (χ4v) is 7.50. The molecule has 6 nitrogen and oxygen atoms in total. The first-order valence-electron chi connectivity index (χ1n) is 23.8. The van der Waals surface area contributed by atoms with Crippen LogP contribution >= 0.6 is 0 Å². The topological polar surface area (TPSA) is 96.4 Å². The molecule has 312 valence electrons. The Labute approximate surface area is 327 Å². The van der Waals surface area contributed by atoms with Gasteiger partial charge in [-0.2, -0.15) is 0 Å². The van der Waals surface area contributed by atoms with Gasteiger partial charge in [-0.05, 0) is 64.8 Å². The highest BCUT2D eigenvalue weighted by Crippen LogP contribution is 2.16. The predicted octanol–water partition coefficient (Wildman–Crippen LogP) is 12.0. The summed E-state index contributed by atoms with van der Waals surface area (Å²) < 4.78 is 0. The maximum atomic E-state index is 12.6. The lowest BCUT2D eigenvalue weighted by molar-refractivity contribution is -0.122. The van der Waals surface area contributed by atoms with E-state index >= 15 is 0 Å². The highest BCUT2D eigenvalue weighted by atomic mass is 16.2. The van der Waals surface area contributed by atoms with E-state index in [-0.39, 0.29) is 5.91 Å². The minimum Gasteiger partial charge on any atom is -0.353 e. The van der Waals surface area contributed by atoms with Gasteiger partial charge in [-0.15, -0.1) is 0 Å². The molecule has 0 saturated heterocycles. The summed E-state index contributed by atoms with van der Waals surface area (Å²) in [6.45, 7) is 11.1. The Morgan fingerprint density at radius 3 is 1.12 bits per heavy atom. The predicted molar refractivity (Wildman–Crippen MR) is 232 cm³/mol. The third-order valence-corrected chi connectivity index (χ3v) is 11.1. The first-order valence-corrected chi connectivity index (χ1v) is 23.8. The minimum absolute atomic E-state index is 0.00623. The third-order valence-electron chi connectivity index (χ3n) is 11.1. The number of nitrogens with two attached hydrogens (primary N) is 2. The summed E-state index contributed by atoms with van der Waals surface area (Å²) in [7, 11) is 0. The van der Waals surface area contributed by atoms with Crippen LogP contribution in [0.5, 0.6) is 0 Å². The average Bonchev–Trinajstić information content (AvgIpc) is 3.15. The van der Waals surface area contributed by atoms with Gasteiger partial charge in [-0.1, -0.05) is 206 Å². The molecule has 52 heavy (non-hydrogen) atoms. The Morgan fingerprint density at radius 2 is 0.769 bits per heavy atom. The number of unbranched alkanes of at least 4 members (excludes halogenated alkanes) is 30. The maximum absolute atomic E-state index is 12.6. The summed E-state index contributed by atoms with van der Waals surface area (Å²) in [4.78, 5) is 15.2. The summed E-state index contributed by atoms with van der Waals surface area (Å²) in [5, 5.41) is 6.52. The number of rotatable bonds is 45. The second-order valence-corrected chi connectivity index (χ2v) is 16.4. The Morgan fingerprint density at radius 1 is 0.442 bits per heavy atom. The summed E-state index contributed by atoms with van der Waals surface area (Å²) in [6, 6.07) is -0.412. The van der Waals surface area contributed by atoms with Gasteiger partial charge >= 0.3 is 0 Å². The SMILES string of the molecule is CCCCCCCCCCCCCCCCCCN(CCCCCCCCCCCCCCCCCC)CCNC(=O)C(N)CCCNCCCN. The lowest BCUT2D eigenvalue weighted by Gasteiger charge is -2.23. The van der Waals surface area contributed by atoms with Crippen LogP contribution in [0, 0.1) is 0 Å². The van der Waals surface area contributed by atoms with Crippen molar-refractivity contribution < 1.29 is 4.79 Å². The van der Waals surface area contributed by atoms with E-state index in [4.69, 9.17) is 11.5 Å². The largest absolute Gasteiger partial charge is 0.353 e. The van der Waals surface area contributed by atoms with Gasteiger partial charge < -0.3 is 27.0 Å². The minimum atomic E-state index is -0.412. The van der Waals surface area contributed by atoms with Gasteiger partial charge in [0, 0.05) is 13.1 Å². The van der Waals surface area contributed by atoms with Crippen molar-refractivity contribution in [3.05, 3.63) is 0 Å². The van der Waals surface area contributed by atoms with Crippen molar-refractivity contribution >= 4 is 5.91 Å². The van der Waals surface area contributed by atoms with Gasteiger partial charge in [-0.25, -0.2) is 0 Å². The molecule has 0 aliphatic rings. The molecule has 0 aromatic carbocycles. The monoisotopic (exact) mass is 736 g/mol. The van der Waals surface area contributed by atoms with Crippen molar-refractivity contribution in [3.8, 4) is 0 Å². The molecule has 0 aliphatic carbocycles. The number of hydrogen-bond donors (Lipinski definition) is 4. The van der Waals surface area contributed by atoms with Gasteiger partial charge in [0.25, 0.3) is 0 Å². The molecule has 0 spiro atoms. The smallest absolute Gasteiger partial charge is 0.236 e. The Kier molecular flexibility index (Phi) is 44.1. The summed E-state index contributed by atoms with van der Waals surface area (Å²) in [6.07, 6.45) is 47.8. The molecular formula is C46H97N5O. The zero-order valence-corrected chi connectivity index (χ0v) is 35.8. The summed E-state index contributed by atoms with van der Waals surface area (Å²) >= 11 is 0. The van der Waals surface area contributed by atoms with Crippen LogP contribution in [0.25, 0.3) is 0 Å². The number of nitrogens with one attached hydrogen (secondary N) is 2. The molecule has 0 radical (unpaired) electrons. The van der Waals surface area contributed by atoms with Crippen LogP contribution in [0.15, 0.2) is 0 Å². The Bertz CT molecular complexity index is 641. The number of hydrogen-bond acceptors (Lipinski definition) is 5. The maximum Gasteiger partial charge on any atom is 0.236 e. The van der Waals surface area contributed by atoms with Gasteiger partial charge in [0.05, 0.1) is 6.04 Å². The van der Waals surface area contributed by atoms with E-state index in [0.29, 0.717) is 13.1 Å². The van der Waals surface area contributed by atoms with Crippen LogP contribution in [0.2, 0.25) is 0 Å². The second-order valence-electron chi connectivity index (χ2n) is 16.4. The van der Waals surface area contributed by atoms with Gasteiger partial charge in [-0.3, -0.25) is 4.79 Å². The first kappa shape index (κ1) is 51.3. The highest BCUT2D eigenvalue weighted by molar-refractivity contribution is 5.81. The number of amides is 1. The van der Waals surface area contributed by atoms with Crippen LogP contribution in [0.1, 0.15) is 239 Å². The number of carbonyl (C=O) groups excluding carboxylic acids is 1. The highest BCUT2D eigenvalue weighted by Gasteiger charge is 2.13. The first-order chi connectivity index (χ1) is 25.7. The molecule has 0 aliphatic heterocycles. The van der Waals surface area contributed by atoms with Gasteiger partial charge in [0.1, 0.15) is 0 Å². The van der Waals surface area contributed by atoms with Crippen LogP contribution in [0.4, 0.5) is 0 Å². The van der Waals surface area contributed by atoms with Crippen molar-refractivity contribution in [1.82, 2.24) is 15.5 Å². The van der Waals surface area contributed by atoms with E-state index in [1.54, 1.807) is 0 Å². The van der Waals surface area contributed by atoms with E-state index in [0.717, 1.165) is 52.0 Å². The van der Waals surface area contributed by atoms with Gasteiger partial charge in [0.2, 0.25) is 5.91 Å². The lowest BCUT2D eigenvalue weighted by atomic mass is 10.0. The average molecular weight is 736 g/mol. The van der Waals surface area contributed by atoms with E-state index < -0.39 is 6.04 Å². The normalized spacial score (nSPS) is 12.2. The zero-order valence-electron chi connectivity index (χ0n) is 35.8. The van der Waals surface area contributed by atoms with Crippen LogP contribution < -0.4 is 22.1 Å². The molecule has 0 heterocycles. The zero-order chi connectivity index (χ0) is 37.8. The summed E-state index contributed by atoms with van der Waals surface area (Å²) in [5.74, 6) is 0.00623. The molecule has 0 aromatic heterocycles. The molecule has 0 saturated carbocycles. The molecule has 1 unspecified atom stereocenters. The van der Waals surface area contributed by atoms with Crippen molar-refractivity contribution in [2.24, 2.45) is 11.5 Å². The fraction of sp³-hybridized carbons (Fsp3) is 0.978. The van der Waals surface area contributed by atoms with E-state index in [1.807, 2.05) is 0 Å². The summed E-state index contributed by atoms with van der Waals surface area (Å²) in [5.41, 5.74) is 11.8. The molecule has 0 rings (SSSR count). The molecule has 6 N–H and O–H groups in total. The molecule has 0 aromatic rings. The van der Waals surface area contributed by atoms with Crippen LogP contribution in [0.3, 0.4) is 0 Å². The molecule has 1 atom stereocenters. The fourth-order valence-electron chi connectivity index (χ4n) is 7.50. The van der Waals surface area contributed by atoms with Crippen LogP contribution in [-0.4, -0.2) is 62.7 Å². The number of nitrogens with zero attached hydrogens (tertiary/aromatic N) is 1. The van der Waals surface area contributed by atoms with E-state index in [1.165, 1.54) is 205 Å². The Balaban J connectivity index is 4.10. The lowest BCUT2D eigenvalue weighted by Crippen LogP contribution is -2.44. The quantitative estimate of drug-likeness (QED) is 0.0467. The van der Waals surface area contributed by atoms with E-state index in [9.17, 15) is 4.79 Å². The van der Waals surface area contributed by atoms with Crippen molar-refractivity contribution in [2.75, 3.05) is 45.8 Å². The number of carbonyl (C=O) groups is 1. The van der Waals surface area contributed by atoms with Crippen molar-refractivity contribution in [1.29, 1.82) is 0 Å². The molecule has 0 bridgehead atoms. The molecular weight excluding hydrogens is 639 g/mol. The third kappa shape index (κ3) is 40.5. The molecule has 1 amide bonds. The van der Waals surface area contributed by atoms with Crippen LogP contribution in [-0.2, 0) is 4.79 Å². The standard InChI is InChI=1S/C46H97N5O/c1-3-5-7-9-11-13-15-17-19-21-23-25-27-29-31-33-42-51(44-41-50-46(52)45(48)37-35-39-49-40-36-38-47)43-34-32-30-28-26-24-22-20-18-16-14-12-10-8-6-4-2/h45,49H,3-44,47-48H2,1-2H3,(H,50,52).